The fraction of sp³-hybridized carbons (Fsp3) is 0.750. The molecule has 0 saturated heterocycles. The molecule has 2 heteroatoms. The predicted molar refractivity (Wildman–Crippen MR) is 65.4 cm³/mol. The minimum atomic E-state index is 0.0763. The van der Waals surface area contributed by atoms with Gasteiger partial charge in [0.25, 0.3) is 0 Å². The molecule has 0 radical (unpaired) electrons. The Labute approximate surface area is 89.8 Å². The van der Waals surface area contributed by atoms with E-state index >= 15 is 0 Å². The van der Waals surface area contributed by atoms with Gasteiger partial charge in [-0.15, -0.1) is 0 Å². The summed E-state index contributed by atoms with van der Waals surface area (Å²) in [4.78, 5) is 10.6. The van der Waals surface area contributed by atoms with Crippen molar-refractivity contribution in [3.63, 3.8) is 0 Å². The SMILES string of the molecule is CC.CC.CCC/C=C\CC(=O)NC. The molecule has 0 aliphatic rings. The van der Waals surface area contributed by atoms with Gasteiger partial charge in [-0.05, 0) is 6.42 Å². The van der Waals surface area contributed by atoms with E-state index in [1.807, 2.05) is 39.8 Å². The minimum absolute atomic E-state index is 0.0763. The molecular formula is C12H27NO. The van der Waals surface area contributed by atoms with Gasteiger partial charge in [-0.3, -0.25) is 4.79 Å². The highest BCUT2D eigenvalue weighted by atomic mass is 16.1. The molecule has 0 aliphatic heterocycles. The molecule has 0 bridgehead atoms. The van der Waals surface area contributed by atoms with Crippen molar-refractivity contribution < 1.29 is 4.79 Å². The molecule has 2 nitrogen and oxygen atoms in total. The molecule has 0 atom stereocenters. The van der Waals surface area contributed by atoms with Crippen LogP contribution in [0.25, 0.3) is 0 Å². The normalized spacial score (nSPS) is 8.14. The maximum absolute atomic E-state index is 10.6. The van der Waals surface area contributed by atoms with Gasteiger partial charge in [0, 0.05) is 13.5 Å². The van der Waals surface area contributed by atoms with Gasteiger partial charge in [-0.1, -0.05) is 53.2 Å². The van der Waals surface area contributed by atoms with Gasteiger partial charge < -0.3 is 5.32 Å². The average Bonchev–Trinajstić information content (AvgIpc) is 2.29. The maximum atomic E-state index is 10.6. The van der Waals surface area contributed by atoms with Gasteiger partial charge in [0.1, 0.15) is 0 Å². The number of hydrogen-bond donors (Lipinski definition) is 1. The van der Waals surface area contributed by atoms with Crippen molar-refractivity contribution in [2.24, 2.45) is 0 Å². The van der Waals surface area contributed by atoms with E-state index in [1.165, 1.54) is 0 Å². The van der Waals surface area contributed by atoms with Gasteiger partial charge in [-0.2, -0.15) is 0 Å². The number of allylic oxidation sites excluding steroid dienone is 1. The van der Waals surface area contributed by atoms with Crippen LogP contribution in [0.3, 0.4) is 0 Å². The molecule has 1 N–H and O–H groups in total. The summed E-state index contributed by atoms with van der Waals surface area (Å²) in [5, 5.41) is 2.55. The van der Waals surface area contributed by atoms with Gasteiger partial charge in [0.15, 0.2) is 0 Å². The molecule has 0 spiro atoms. The quantitative estimate of drug-likeness (QED) is 0.693. The van der Waals surface area contributed by atoms with Crippen LogP contribution in [0.1, 0.15) is 53.9 Å². The lowest BCUT2D eigenvalue weighted by atomic mass is 10.3. The van der Waals surface area contributed by atoms with Crippen LogP contribution in [-0.4, -0.2) is 13.0 Å². The van der Waals surface area contributed by atoms with Crippen LogP contribution in [0.4, 0.5) is 0 Å². The Kier molecular flexibility index (Phi) is 30.7. The topological polar surface area (TPSA) is 29.1 Å². The summed E-state index contributed by atoms with van der Waals surface area (Å²) in [7, 11) is 1.65. The van der Waals surface area contributed by atoms with Crippen LogP contribution < -0.4 is 5.32 Å². The van der Waals surface area contributed by atoms with Crippen molar-refractivity contribution >= 4 is 5.91 Å². The van der Waals surface area contributed by atoms with Gasteiger partial charge >= 0.3 is 0 Å². The van der Waals surface area contributed by atoms with Crippen LogP contribution >= 0.6 is 0 Å². The molecule has 14 heavy (non-hydrogen) atoms. The van der Waals surface area contributed by atoms with Crippen molar-refractivity contribution in [3.05, 3.63) is 12.2 Å². The zero-order chi connectivity index (χ0) is 11.8. The third-order valence-electron chi connectivity index (χ3n) is 1.20. The van der Waals surface area contributed by atoms with Crippen molar-refractivity contribution in [3.8, 4) is 0 Å². The zero-order valence-corrected chi connectivity index (χ0v) is 10.7. The fourth-order valence-electron chi connectivity index (χ4n) is 0.577. The Morgan fingerprint density at radius 3 is 2.00 bits per heavy atom. The molecule has 0 saturated carbocycles. The smallest absolute Gasteiger partial charge is 0.223 e. The van der Waals surface area contributed by atoms with E-state index in [-0.39, 0.29) is 5.91 Å². The number of unbranched alkanes of at least 4 members (excludes halogenated alkanes) is 1. The first-order valence-corrected chi connectivity index (χ1v) is 5.66. The molecule has 0 heterocycles. The Morgan fingerprint density at radius 2 is 1.64 bits per heavy atom. The van der Waals surface area contributed by atoms with E-state index in [4.69, 9.17) is 0 Å². The molecule has 0 fully saturated rings. The lowest BCUT2D eigenvalue weighted by molar-refractivity contribution is -0.119. The molecule has 1 amide bonds. The molecule has 0 aromatic heterocycles. The number of rotatable bonds is 4. The van der Waals surface area contributed by atoms with Crippen molar-refractivity contribution in [2.75, 3.05) is 7.05 Å². The van der Waals surface area contributed by atoms with E-state index in [0.717, 1.165) is 12.8 Å². The first-order chi connectivity index (χ1) is 6.81. The van der Waals surface area contributed by atoms with Crippen molar-refractivity contribution in [2.45, 2.75) is 53.9 Å². The number of carbonyl (C=O) groups excluding carboxylic acids is 1. The fourth-order valence-corrected chi connectivity index (χ4v) is 0.577. The predicted octanol–water partition coefficient (Wildman–Crippen LogP) is 3.53. The number of amides is 1. The highest BCUT2D eigenvalue weighted by molar-refractivity contribution is 5.76. The third-order valence-corrected chi connectivity index (χ3v) is 1.20. The Balaban J connectivity index is -0.000000266. The summed E-state index contributed by atoms with van der Waals surface area (Å²) in [5.74, 6) is 0.0763. The second-order valence-corrected chi connectivity index (χ2v) is 2.14. The third kappa shape index (κ3) is 22.5. The Hall–Kier alpha value is -0.790. The van der Waals surface area contributed by atoms with Crippen molar-refractivity contribution in [1.29, 1.82) is 0 Å². The summed E-state index contributed by atoms with van der Waals surface area (Å²) in [6.45, 7) is 10.1. The molecule has 86 valence electrons. The zero-order valence-electron chi connectivity index (χ0n) is 10.7. The molecular weight excluding hydrogens is 174 g/mol. The Morgan fingerprint density at radius 1 is 1.14 bits per heavy atom. The van der Waals surface area contributed by atoms with E-state index in [2.05, 4.69) is 12.2 Å². The highest BCUT2D eigenvalue weighted by Crippen LogP contribution is 1.90. The molecule has 0 rings (SSSR count). The standard InChI is InChI=1S/C8H15NO.2C2H6/c1-3-4-5-6-7-8(10)9-2;2*1-2/h5-6H,3-4,7H2,1-2H3,(H,9,10);2*1-2H3/b6-5-;;. The van der Waals surface area contributed by atoms with Crippen LogP contribution in [-0.2, 0) is 4.79 Å². The summed E-state index contributed by atoms with van der Waals surface area (Å²) in [6.07, 6.45) is 6.66. The summed E-state index contributed by atoms with van der Waals surface area (Å²) >= 11 is 0. The van der Waals surface area contributed by atoms with Crippen LogP contribution in [0.15, 0.2) is 12.2 Å². The first-order valence-electron chi connectivity index (χ1n) is 5.66. The van der Waals surface area contributed by atoms with Gasteiger partial charge in [0.2, 0.25) is 5.91 Å². The van der Waals surface area contributed by atoms with Crippen LogP contribution in [0.2, 0.25) is 0 Å². The molecule has 0 aromatic rings. The second kappa shape index (κ2) is 22.8. The summed E-state index contributed by atoms with van der Waals surface area (Å²) in [6, 6.07) is 0. The second-order valence-electron chi connectivity index (χ2n) is 2.14. The van der Waals surface area contributed by atoms with E-state index < -0.39 is 0 Å². The van der Waals surface area contributed by atoms with Crippen molar-refractivity contribution in [1.82, 2.24) is 5.32 Å². The van der Waals surface area contributed by atoms with Gasteiger partial charge in [-0.25, -0.2) is 0 Å². The van der Waals surface area contributed by atoms with E-state index in [9.17, 15) is 4.79 Å². The van der Waals surface area contributed by atoms with E-state index in [0.29, 0.717) is 6.42 Å². The number of carbonyl (C=O) groups is 1. The maximum Gasteiger partial charge on any atom is 0.223 e. The lowest BCUT2D eigenvalue weighted by Crippen LogP contribution is -2.15. The van der Waals surface area contributed by atoms with Gasteiger partial charge in [0.05, 0.1) is 0 Å². The number of hydrogen-bond acceptors (Lipinski definition) is 1. The minimum Gasteiger partial charge on any atom is -0.359 e. The first kappa shape index (κ1) is 18.9. The lowest BCUT2D eigenvalue weighted by Gasteiger charge is -1.91. The monoisotopic (exact) mass is 201 g/mol. The summed E-state index contributed by atoms with van der Waals surface area (Å²) < 4.78 is 0. The van der Waals surface area contributed by atoms with Crippen LogP contribution in [0, 0.1) is 0 Å². The van der Waals surface area contributed by atoms with E-state index in [1.54, 1.807) is 7.05 Å². The number of nitrogens with one attached hydrogen (secondary N) is 1. The molecule has 0 unspecified atom stereocenters. The molecule has 0 aromatic carbocycles. The summed E-state index contributed by atoms with van der Waals surface area (Å²) in [5.41, 5.74) is 0. The highest BCUT2D eigenvalue weighted by Gasteiger charge is 1.89. The largest absolute Gasteiger partial charge is 0.359 e. The molecule has 0 aliphatic carbocycles. The van der Waals surface area contributed by atoms with Crippen LogP contribution in [0.5, 0.6) is 0 Å². The Bertz CT molecular complexity index is 119. The average molecular weight is 201 g/mol.